The van der Waals surface area contributed by atoms with E-state index in [9.17, 15) is 5.11 Å². The maximum atomic E-state index is 10.3. The fourth-order valence-electron chi connectivity index (χ4n) is 6.18. The Morgan fingerprint density at radius 1 is 0.562 bits per heavy atom. The zero-order chi connectivity index (χ0) is 21.6. The predicted molar refractivity (Wildman–Crippen MR) is 136 cm³/mol. The van der Waals surface area contributed by atoms with Crippen LogP contribution in [0.15, 0.2) is 91.0 Å². The van der Waals surface area contributed by atoms with Gasteiger partial charge in [-0.25, -0.2) is 0 Å². The zero-order valence-corrected chi connectivity index (χ0v) is 18.1. The highest BCUT2D eigenvalue weighted by Gasteiger charge is 2.38. The molecule has 152 valence electrons. The van der Waals surface area contributed by atoms with Gasteiger partial charge in [-0.1, -0.05) is 92.7 Å². The van der Waals surface area contributed by atoms with Gasteiger partial charge in [0.2, 0.25) is 0 Å². The topological polar surface area (TPSA) is 20.2 Å². The van der Waals surface area contributed by atoms with Gasteiger partial charge in [-0.3, -0.25) is 0 Å². The quantitative estimate of drug-likeness (QED) is 0.250. The van der Waals surface area contributed by atoms with E-state index in [1.807, 2.05) is 12.1 Å². The van der Waals surface area contributed by atoms with Gasteiger partial charge < -0.3 is 5.11 Å². The predicted octanol–water partition coefficient (Wildman–Crippen LogP) is 8.31. The van der Waals surface area contributed by atoms with Gasteiger partial charge in [0.25, 0.3) is 0 Å². The van der Waals surface area contributed by atoms with Gasteiger partial charge in [0.15, 0.2) is 0 Å². The summed E-state index contributed by atoms with van der Waals surface area (Å²) < 4.78 is 0. The van der Waals surface area contributed by atoms with Crippen LogP contribution < -0.4 is 0 Å². The summed E-state index contributed by atoms with van der Waals surface area (Å²) in [6.07, 6.45) is 0. The van der Waals surface area contributed by atoms with Crippen LogP contribution in [-0.4, -0.2) is 5.11 Å². The Morgan fingerprint density at radius 3 is 1.94 bits per heavy atom. The first-order valence-electron chi connectivity index (χ1n) is 11.2. The van der Waals surface area contributed by atoms with Crippen LogP contribution in [0.2, 0.25) is 0 Å². The van der Waals surface area contributed by atoms with Crippen LogP contribution in [0.25, 0.3) is 54.2 Å². The molecule has 0 unspecified atom stereocenters. The maximum Gasteiger partial charge on any atom is 0.116 e. The number of hydrogen-bond donors (Lipinski definition) is 1. The van der Waals surface area contributed by atoms with Gasteiger partial charge in [0.1, 0.15) is 5.75 Å². The van der Waals surface area contributed by atoms with Crippen molar-refractivity contribution in [1.29, 1.82) is 0 Å². The van der Waals surface area contributed by atoms with E-state index in [0.29, 0.717) is 5.75 Å². The number of phenols is 1. The van der Waals surface area contributed by atoms with E-state index >= 15 is 0 Å². The molecule has 0 aromatic heterocycles. The highest BCUT2D eigenvalue weighted by atomic mass is 16.3. The third-order valence-electron chi connectivity index (χ3n) is 7.47. The molecular formula is C31H22O. The molecule has 1 heteroatoms. The highest BCUT2D eigenvalue weighted by molar-refractivity contribution is 6.35. The van der Waals surface area contributed by atoms with Gasteiger partial charge in [-0.15, -0.1) is 0 Å². The van der Waals surface area contributed by atoms with Gasteiger partial charge in [0, 0.05) is 5.41 Å². The second kappa shape index (κ2) is 5.89. The van der Waals surface area contributed by atoms with Crippen molar-refractivity contribution >= 4 is 43.1 Å². The van der Waals surface area contributed by atoms with Crippen molar-refractivity contribution in [2.75, 3.05) is 0 Å². The third kappa shape index (κ3) is 2.04. The normalized spacial score (nSPS) is 14.3. The van der Waals surface area contributed by atoms with E-state index in [-0.39, 0.29) is 5.41 Å². The summed E-state index contributed by atoms with van der Waals surface area (Å²) in [5.41, 5.74) is 5.42. The summed E-state index contributed by atoms with van der Waals surface area (Å²) in [4.78, 5) is 0. The van der Waals surface area contributed by atoms with Crippen molar-refractivity contribution in [2.24, 2.45) is 0 Å². The number of phenolic OH excluding ortho intramolecular Hbond substituents is 1. The monoisotopic (exact) mass is 410 g/mol. The Kier molecular flexibility index (Phi) is 3.28. The SMILES string of the molecule is CC1(C)c2ccccc2-c2c1c1c3ccccc3c3cc(O)ccc3c1c1ccccc21. The number of aromatic hydroxyl groups is 1. The standard InChI is InChI=1S/C31H22O/c1-31(2)26-14-8-7-13-24(26)28-22-12-6-5-11-21(22)27-23-16-15-18(32)17-25(23)19-9-3-4-10-20(19)29(27)30(28)31/h3-17,32H,1-2H3. The molecule has 0 bridgehead atoms. The fourth-order valence-corrected chi connectivity index (χ4v) is 6.18. The minimum Gasteiger partial charge on any atom is -0.508 e. The van der Waals surface area contributed by atoms with Crippen LogP contribution in [0.4, 0.5) is 0 Å². The van der Waals surface area contributed by atoms with E-state index in [1.165, 1.54) is 60.0 Å². The van der Waals surface area contributed by atoms with Crippen molar-refractivity contribution in [1.82, 2.24) is 0 Å². The molecule has 6 aromatic rings. The van der Waals surface area contributed by atoms with Crippen molar-refractivity contribution in [3.05, 3.63) is 102 Å². The van der Waals surface area contributed by atoms with Gasteiger partial charge >= 0.3 is 0 Å². The van der Waals surface area contributed by atoms with Crippen molar-refractivity contribution in [3.8, 4) is 16.9 Å². The second-order valence-corrected chi connectivity index (χ2v) is 9.49. The molecule has 1 aliphatic rings. The average Bonchev–Trinajstić information content (AvgIpc) is 3.06. The average molecular weight is 411 g/mol. The summed E-state index contributed by atoms with van der Waals surface area (Å²) in [7, 11) is 0. The Hall–Kier alpha value is -3.84. The minimum absolute atomic E-state index is 0.110. The van der Waals surface area contributed by atoms with E-state index in [4.69, 9.17) is 0 Å². The summed E-state index contributed by atoms with van der Waals surface area (Å²) in [5.74, 6) is 0.306. The number of rotatable bonds is 0. The molecule has 1 nitrogen and oxygen atoms in total. The molecule has 0 saturated heterocycles. The summed E-state index contributed by atoms with van der Waals surface area (Å²) in [6.45, 7) is 4.73. The van der Waals surface area contributed by atoms with Crippen LogP contribution in [0.1, 0.15) is 25.0 Å². The molecular weight excluding hydrogens is 388 g/mol. The van der Waals surface area contributed by atoms with Crippen LogP contribution >= 0.6 is 0 Å². The first-order chi connectivity index (χ1) is 15.6. The molecule has 0 amide bonds. The first kappa shape index (κ1) is 17.8. The largest absolute Gasteiger partial charge is 0.508 e. The van der Waals surface area contributed by atoms with Gasteiger partial charge in [0.05, 0.1) is 0 Å². The smallest absolute Gasteiger partial charge is 0.116 e. The lowest BCUT2D eigenvalue weighted by Gasteiger charge is -2.26. The number of hydrogen-bond acceptors (Lipinski definition) is 1. The van der Waals surface area contributed by atoms with E-state index in [1.54, 1.807) is 0 Å². The molecule has 0 atom stereocenters. The molecule has 0 radical (unpaired) electrons. The van der Waals surface area contributed by atoms with E-state index in [2.05, 4.69) is 92.7 Å². The second-order valence-electron chi connectivity index (χ2n) is 9.49. The van der Waals surface area contributed by atoms with Gasteiger partial charge in [-0.2, -0.15) is 0 Å². The Bertz CT molecular complexity index is 1750. The molecule has 0 heterocycles. The highest BCUT2D eigenvalue weighted by Crippen LogP contribution is 2.56. The summed E-state index contributed by atoms with van der Waals surface area (Å²) in [5, 5.41) is 20.3. The minimum atomic E-state index is -0.110. The van der Waals surface area contributed by atoms with Crippen LogP contribution in [0.3, 0.4) is 0 Å². The summed E-state index contributed by atoms with van der Waals surface area (Å²) >= 11 is 0. The van der Waals surface area contributed by atoms with Gasteiger partial charge in [-0.05, 0) is 77.5 Å². The third-order valence-corrected chi connectivity index (χ3v) is 7.47. The number of fused-ring (bicyclic) bond motifs is 13. The van der Waals surface area contributed by atoms with Crippen LogP contribution in [-0.2, 0) is 5.41 Å². The lowest BCUT2D eigenvalue weighted by molar-refractivity contribution is 0.476. The maximum absolute atomic E-state index is 10.3. The Balaban J connectivity index is 1.90. The van der Waals surface area contributed by atoms with Crippen LogP contribution in [0, 0.1) is 0 Å². The first-order valence-corrected chi connectivity index (χ1v) is 11.2. The zero-order valence-electron chi connectivity index (χ0n) is 18.1. The van der Waals surface area contributed by atoms with Crippen molar-refractivity contribution in [2.45, 2.75) is 19.3 Å². The van der Waals surface area contributed by atoms with E-state index < -0.39 is 0 Å². The fraction of sp³-hybridized carbons (Fsp3) is 0.0968. The van der Waals surface area contributed by atoms with Crippen molar-refractivity contribution in [3.63, 3.8) is 0 Å². The Labute approximate surface area is 186 Å². The molecule has 6 aromatic carbocycles. The Morgan fingerprint density at radius 2 is 1.16 bits per heavy atom. The lowest BCUT2D eigenvalue weighted by Crippen LogP contribution is -2.15. The molecule has 32 heavy (non-hydrogen) atoms. The molecule has 0 fully saturated rings. The molecule has 1 aliphatic carbocycles. The molecule has 1 N–H and O–H groups in total. The van der Waals surface area contributed by atoms with E-state index in [0.717, 1.165) is 5.39 Å². The lowest BCUT2D eigenvalue weighted by atomic mass is 9.77. The molecule has 0 aliphatic heterocycles. The van der Waals surface area contributed by atoms with Crippen LogP contribution in [0.5, 0.6) is 5.75 Å². The molecule has 7 rings (SSSR count). The van der Waals surface area contributed by atoms with Crippen molar-refractivity contribution < 1.29 is 5.11 Å². The molecule has 0 spiro atoms. The summed E-state index contributed by atoms with van der Waals surface area (Å²) in [6, 6.07) is 32.2. The number of benzene rings is 6. The molecule has 0 saturated carbocycles.